The molecule has 82 valence electrons. The van der Waals surface area contributed by atoms with Crippen molar-refractivity contribution in [3.05, 3.63) is 39.3 Å². The van der Waals surface area contributed by atoms with E-state index in [-0.39, 0.29) is 5.98 Å². The van der Waals surface area contributed by atoms with Gasteiger partial charge in [-0.3, -0.25) is 0 Å². The van der Waals surface area contributed by atoms with Crippen molar-refractivity contribution in [3.63, 3.8) is 0 Å². The van der Waals surface area contributed by atoms with Gasteiger partial charge < -0.3 is 12.9 Å². The largest absolute Gasteiger partial charge is 0.502 e. The van der Waals surface area contributed by atoms with Gasteiger partial charge >= 0.3 is 6.98 Å². The molecular formula is C9H7BCl2F3-. The Hall–Kier alpha value is -0.605. The molecule has 0 fully saturated rings. The molecule has 0 saturated heterocycles. The summed E-state index contributed by atoms with van der Waals surface area (Å²) in [5.74, 6) is 0.206. The van der Waals surface area contributed by atoms with Crippen molar-refractivity contribution >= 4 is 36.3 Å². The highest BCUT2D eigenvalue weighted by atomic mass is 35.5. The summed E-state index contributed by atoms with van der Waals surface area (Å²) in [6, 6.07) is 2.89. The molecule has 0 heterocycles. The topological polar surface area (TPSA) is 0 Å². The van der Waals surface area contributed by atoms with E-state index in [1.807, 2.05) is 0 Å². The quantitative estimate of drug-likeness (QED) is 0.670. The summed E-state index contributed by atoms with van der Waals surface area (Å²) in [6.07, 6.45) is 0.956. The Bertz CT molecular complexity index is 376. The smallest absolute Gasteiger partial charge is 0.445 e. The molecule has 1 rings (SSSR count). The van der Waals surface area contributed by atoms with Crippen LogP contribution in [-0.2, 0) is 0 Å². The van der Waals surface area contributed by atoms with Gasteiger partial charge in [0.1, 0.15) is 0 Å². The van der Waals surface area contributed by atoms with E-state index in [1.165, 1.54) is 12.1 Å². The van der Waals surface area contributed by atoms with Crippen molar-refractivity contribution in [2.24, 2.45) is 0 Å². The molecule has 0 unspecified atom stereocenters. The van der Waals surface area contributed by atoms with E-state index >= 15 is 0 Å². The van der Waals surface area contributed by atoms with Gasteiger partial charge in [-0.2, -0.15) is 0 Å². The van der Waals surface area contributed by atoms with Crippen LogP contribution >= 0.6 is 23.2 Å². The molecule has 1 aromatic rings. The maximum atomic E-state index is 11.9. The molecule has 0 saturated carbocycles. The third kappa shape index (κ3) is 3.80. The summed E-state index contributed by atoms with van der Waals surface area (Å²) in [5.41, 5.74) is 1.00. The highest BCUT2D eigenvalue weighted by molar-refractivity contribution is 6.64. The molecule has 0 radical (unpaired) electrons. The lowest BCUT2D eigenvalue weighted by Crippen LogP contribution is -2.09. The van der Waals surface area contributed by atoms with Crippen LogP contribution in [-0.4, -0.2) is 6.98 Å². The minimum atomic E-state index is -4.93. The van der Waals surface area contributed by atoms with E-state index in [4.69, 9.17) is 23.2 Å². The van der Waals surface area contributed by atoms with Gasteiger partial charge in [0.05, 0.1) is 0 Å². The summed E-state index contributed by atoms with van der Waals surface area (Å²) >= 11 is 11.5. The molecule has 0 aliphatic rings. The summed E-state index contributed by atoms with van der Waals surface area (Å²) in [7, 11) is 0. The zero-order chi connectivity index (χ0) is 11.6. The number of halogens is 5. The predicted molar refractivity (Wildman–Crippen MR) is 59.3 cm³/mol. The molecule has 1 aromatic carbocycles. The third-order valence-electron chi connectivity index (χ3n) is 1.81. The maximum absolute atomic E-state index is 11.9. The Labute approximate surface area is 95.7 Å². The lowest BCUT2D eigenvalue weighted by Gasteiger charge is -2.07. The van der Waals surface area contributed by atoms with Crippen molar-refractivity contribution < 1.29 is 12.9 Å². The Kier molecular flexibility index (Phi) is 3.74. The van der Waals surface area contributed by atoms with Crippen molar-refractivity contribution in [2.45, 2.75) is 6.92 Å². The van der Waals surface area contributed by atoms with Gasteiger partial charge in [-0.05, 0) is 30.2 Å². The number of rotatable bonds is 2. The van der Waals surface area contributed by atoms with Crippen LogP contribution in [0.2, 0.25) is 10.0 Å². The Balaban J connectivity index is 3.03. The standard InChI is InChI=1S/C9H7BCl2F3/c1-6-8(11)4-7(5-9(6)12)2-3-10(13,14)15/h2-5H,1H3/q-1/b3-2+. The molecule has 0 atom stereocenters. The SMILES string of the molecule is Cc1c(Cl)cc(/C=C/[B-](F)(F)F)cc1Cl. The summed E-state index contributed by atoms with van der Waals surface area (Å²) < 4.78 is 35.8. The third-order valence-corrected chi connectivity index (χ3v) is 2.60. The average molecular weight is 254 g/mol. The van der Waals surface area contributed by atoms with E-state index < -0.39 is 6.98 Å². The molecule has 0 spiro atoms. The Morgan fingerprint density at radius 2 is 1.60 bits per heavy atom. The number of hydrogen-bond acceptors (Lipinski definition) is 0. The van der Waals surface area contributed by atoms with Crippen LogP contribution in [0.5, 0.6) is 0 Å². The van der Waals surface area contributed by atoms with Crippen LogP contribution in [0.25, 0.3) is 6.08 Å². The Morgan fingerprint density at radius 3 is 2.00 bits per heavy atom. The molecule has 0 aromatic heterocycles. The fourth-order valence-electron chi connectivity index (χ4n) is 0.981. The van der Waals surface area contributed by atoms with Gasteiger partial charge in [-0.15, -0.1) is 5.98 Å². The minimum Gasteiger partial charge on any atom is -0.445 e. The van der Waals surface area contributed by atoms with Crippen LogP contribution < -0.4 is 0 Å². The zero-order valence-electron chi connectivity index (χ0n) is 7.78. The van der Waals surface area contributed by atoms with E-state index in [0.717, 1.165) is 6.08 Å². The van der Waals surface area contributed by atoms with Crippen LogP contribution in [0.4, 0.5) is 12.9 Å². The molecule has 0 aliphatic heterocycles. The number of hydrogen-bond donors (Lipinski definition) is 0. The van der Waals surface area contributed by atoms with E-state index in [1.54, 1.807) is 6.92 Å². The van der Waals surface area contributed by atoms with Crippen LogP contribution in [0.1, 0.15) is 11.1 Å². The van der Waals surface area contributed by atoms with Crippen molar-refractivity contribution in [1.29, 1.82) is 0 Å². The first-order valence-electron chi connectivity index (χ1n) is 4.14. The molecule has 0 N–H and O–H groups in total. The lowest BCUT2D eigenvalue weighted by molar-refractivity contribution is 0.499. The van der Waals surface area contributed by atoms with Gasteiger partial charge in [-0.1, -0.05) is 29.3 Å². The minimum absolute atomic E-state index is 0.206. The normalized spacial score (nSPS) is 12.4. The zero-order valence-corrected chi connectivity index (χ0v) is 9.29. The summed E-state index contributed by atoms with van der Waals surface area (Å²) in [6.45, 7) is -3.23. The predicted octanol–water partition coefficient (Wildman–Crippen LogP) is 4.70. The van der Waals surface area contributed by atoms with Crippen LogP contribution in [0.3, 0.4) is 0 Å². The second-order valence-corrected chi connectivity index (χ2v) is 3.91. The summed E-state index contributed by atoms with van der Waals surface area (Å²) in [5, 5.41) is 0.716. The molecule has 0 nitrogen and oxygen atoms in total. The first kappa shape index (κ1) is 12.5. The highest BCUT2D eigenvalue weighted by Crippen LogP contribution is 2.26. The summed E-state index contributed by atoms with van der Waals surface area (Å²) in [4.78, 5) is 0. The molecule has 0 amide bonds. The molecule has 6 heteroatoms. The monoisotopic (exact) mass is 253 g/mol. The average Bonchev–Trinajstić information content (AvgIpc) is 2.09. The maximum Gasteiger partial charge on any atom is 0.502 e. The van der Waals surface area contributed by atoms with Gasteiger partial charge in [0.25, 0.3) is 0 Å². The number of benzene rings is 1. The van der Waals surface area contributed by atoms with Crippen molar-refractivity contribution in [2.75, 3.05) is 0 Å². The molecule has 15 heavy (non-hydrogen) atoms. The van der Waals surface area contributed by atoms with E-state index in [0.29, 0.717) is 21.2 Å². The molecular weight excluding hydrogens is 247 g/mol. The fourth-order valence-corrected chi connectivity index (χ4v) is 1.49. The van der Waals surface area contributed by atoms with Gasteiger partial charge in [0.15, 0.2) is 0 Å². The van der Waals surface area contributed by atoms with Crippen molar-refractivity contribution in [3.8, 4) is 0 Å². The highest BCUT2D eigenvalue weighted by Gasteiger charge is 2.17. The second kappa shape index (κ2) is 4.50. The van der Waals surface area contributed by atoms with Crippen LogP contribution in [0, 0.1) is 6.92 Å². The van der Waals surface area contributed by atoms with E-state index in [9.17, 15) is 12.9 Å². The second-order valence-electron chi connectivity index (χ2n) is 3.09. The van der Waals surface area contributed by atoms with E-state index in [2.05, 4.69) is 0 Å². The van der Waals surface area contributed by atoms with Crippen LogP contribution in [0.15, 0.2) is 18.1 Å². The van der Waals surface area contributed by atoms with Crippen molar-refractivity contribution in [1.82, 2.24) is 0 Å². The van der Waals surface area contributed by atoms with Gasteiger partial charge in [0, 0.05) is 10.0 Å². The first-order chi connectivity index (χ1) is 6.79. The molecule has 0 aliphatic carbocycles. The lowest BCUT2D eigenvalue weighted by atomic mass is 9.90. The van der Waals surface area contributed by atoms with Gasteiger partial charge in [0.2, 0.25) is 0 Å². The fraction of sp³-hybridized carbons (Fsp3) is 0.111. The Morgan fingerprint density at radius 1 is 1.13 bits per heavy atom. The molecule has 0 bridgehead atoms. The van der Waals surface area contributed by atoms with Gasteiger partial charge in [-0.25, -0.2) is 0 Å². The first-order valence-corrected chi connectivity index (χ1v) is 4.90.